The molecule has 0 aromatic carbocycles. The van der Waals surface area contributed by atoms with Crippen LogP contribution in [0.4, 0.5) is 0 Å². The second kappa shape index (κ2) is 10.4. The van der Waals surface area contributed by atoms with Crippen molar-refractivity contribution in [3.05, 3.63) is 47.6 Å². The number of likely N-dealkylation sites (tertiary alicyclic amines) is 2. The fourth-order valence-corrected chi connectivity index (χ4v) is 7.41. The first-order valence-corrected chi connectivity index (χ1v) is 15.6. The van der Waals surface area contributed by atoms with Crippen molar-refractivity contribution in [1.82, 2.24) is 39.5 Å². The van der Waals surface area contributed by atoms with Crippen LogP contribution in [-0.4, -0.2) is 83.3 Å². The van der Waals surface area contributed by atoms with E-state index in [1.807, 2.05) is 27.6 Å². The summed E-state index contributed by atoms with van der Waals surface area (Å²) in [5.74, 6) is 6.95. The summed E-state index contributed by atoms with van der Waals surface area (Å²) in [6.45, 7) is 8.46. The number of nitrogens with zero attached hydrogens (tertiary/aromatic N) is 9. The van der Waals surface area contributed by atoms with Crippen molar-refractivity contribution in [3.63, 3.8) is 0 Å². The highest BCUT2D eigenvalue weighted by atomic mass is 16.5. The van der Waals surface area contributed by atoms with Crippen LogP contribution in [0.3, 0.4) is 0 Å². The van der Waals surface area contributed by atoms with E-state index >= 15 is 0 Å². The minimum atomic E-state index is -0.358. The van der Waals surface area contributed by atoms with Crippen molar-refractivity contribution in [2.45, 2.75) is 77.3 Å². The molecule has 14 nitrogen and oxygen atoms in total. The molecule has 3 unspecified atom stereocenters. The van der Waals surface area contributed by atoms with Gasteiger partial charge in [0, 0.05) is 55.8 Å². The molecule has 1 spiro atoms. The standard InChI is InChI=1S/C30H41N11O3/c1-18(41-9-8-23(36-41)19-6-4-5-7-19)26-34-25(37-44-26)22-13-38(27(42)20-11-33-40(12-20)14-24(31)35-32)15-30(22)16-39(17-30)28(43)21-10-29(21,2)3/h8-9,11-12,18-19,21-22H,4-7,10,13-17,32H2,1-3H3,(H2,31,35). The quantitative estimate of drug-likeness (QED) is 0.169. The summed E-state index contributed by atoms with van der Waals surface area (Å²) in [5, 5.41) is 17.0. The number of hydrazone groups is 1. The monoisotopic (exact) mass is 603 g/mol. The van der Waals surface area contributed by atoms with E-state index in [0.717, 1.165) is 12.1 Å². The van der Waals surface area contributed by atoms with Crippen LogP contribution in [0, 0.1) is 16.7 Å². The van der Waals surface area contributed by atoms with Crippen LogP contribution >= 0.6 is 0 Å². The van der Waals surface area contributed by atoms with E-state index in [-0.39, 0.29) is 52.9 Å². The van der Waals surface area contributed by atoms with E-state index in [9.17, 15) is 9.59 Å². The largest absolute Gasteiger partial charge is 0.384 e. The normalized spacial score (nSPS) is 25.0. The lowest BCUT2D eigenvalue weighted by atomic mass is 9.71. The average molecular weight is 604 g/mol. The molecule has 3 aromatic rings. The zero-order valence-electron chi connectivity index (χ0n) is 25.6. The molecule has 44 heavy (non-hydrogen) atoms. The molecule has 2 amide bonds. The Bertz CT molecular complexity index is 1590. The summed E-state index contributed by atoms with van der Waals surface area (Å²) in [5.41, 5.74) is 6.99. The Morgan fingerprint density at radius 1 is 1.18 bits per heavy atom. The molecule has 14 heteroatoms. The summed E-state index contributed by atoms with van der Waals surface area (Å²) in [7, 11) is 0. The minimum Gasteiger partial charge on any atom is -0.384 e. The van der Waals surface area contributed by atoms with Crippen molar-refractivity contribution in [2.75, 3.05) is 26.2 Å². The van der Waals surface area contributed by atoms with E-state index in [0.29, 0.717) is 49.4 Å². The lowest BCUT2D eigenvalue weighted by molar-refractivity contribution is -0.145. The second-order valence-corrected chi connectivity index (χ2v) is 14.0. The van der Waals surface area contributed by atoms with Gasteiger partial charge in [-0.15, -0.1) is 0 Å². The number of hydrogen-bond donors (Lipinski definition) is 2. The Morgan fingerprint density at radius 3 is 2.61 bits per heavy atom. The van der Waals surface area contributed by atoms with Gasteiger partial charge < -0.3 is 25.9 Å². The van der Waals surface area contributed by atoms with Gasteiger partial charge in [-0.05, 0) is 37.7 Å². The number of amides is 2. The molecular formula is C30H41N11O3. The molecule has 7 rings (SSSR count). The van der Waals surface area contributed by atoms with Crippen molar-refractivity contribution < 1.29 is 14.1 Å². The molecule has 0 radical (unpaired) electrons. The van der Waals surface area contributed by atoms with Gasteiger partial charge in [0.2, 0.25) is 5.91 Å². The number of amidine groups is 1. The molecule has 3 atom stereocenters. The summed E-state index contributed by atoms with van der Waals surface area (Å²) in [6.07, 6.45) is 10.9. The van der Waals surface area contributed by atoms with Crippen molar-refractivity contribution in [2.24, 2.45) is 33.4 Å². The molecule has 0 bridgehead atoms. The number of nitrogens with two attached hydrogens (primary N) is 2. The molecule has 2 saturated heterocycles. The number of rotatable bonds is 8. The molecule has 5 heterocycles. The Balaban J connectivity index is 1.11. The predicted octanol–water partition coefficient (Wildman–Crippen LogP) is 2.07. The first-order chi connectivity index (χ1) is 21.1. The van der Waals surface area contributed by atoms with E-state index in [4.69, 9.17) is 26.2 Å². The fourth-order valence-electron chi connectivity index (χ4n) is 7.41. The number of aromatic nitrogens is 6. The Hall–Kier alpha value is -4.23. The summed E-state index contributed by atoms with van der Waals surface area (Å²) >= 11 is 0. The number of carbonyl (C=O) groups excluding carboxylic acids is 2. The Morgan fingerprint density at radius 2 is 1.91 bits per heavy atom. The highest BCUT2D eigenvalue weighted by Crippen LogP contribution is 2.55. The van der Waals surface area contributed by atoms with Crippen LogP contribution in [0.1, 0.15) is 98.5 Å². The maximum Gasteiger partial charge on any atom is 0.257 e. The molecule has 4 aliphatic rings. The molecule has 234 valence electrons. The first kappa shape index (κ1) is 28.5. The van der Waals surface area contributed by atoms with Crippen LogP contribution in [0.15, 0.2) is 34.3 Å². The molecule has 2 aliphatic carbocycles. The fraction of sp³-hybridized carbons (Fsp3) is 0.633. The third-order valence-electron chi connectivity index (χ3n) is 10.4. The number of hydrogen-bond acceptors (Lipinski definition) is 9. The second-order valence-electron chi connectivity index (χ2n) is 14.0. The average Bonchev–Trinajstić information content (AvgIpc) is 3.71. The van der Waals surface area contributed by atoms with Gasteiger partial charge in [0.25, 0.3) is 11.8 Å². The highest BCUT2D eigenvalue weighted by Gasteiger charge is 2.61. The maximum atomic E-state index is 13.7. The first-order valence-electron chi connectivity index (χ1n) is 15.6. The zero-order valence-corrected chi connectivity index (χ0v) is 25.6. The number of carbonyl (C=O) groups is 2. The van der Waals surface area contributed by atoms with Crippen LogP contribution in [0.25, 0.3) is 0 Å². The third kappa shape index (κ3) is 4.93. The van der Waals surface area contributed by atoms with Crippen LogP contribution in [-0.2, 0) is 11.3 Å². The Labute approximate surface area is 255 Å². The van der Waals surface area contributed by atoms with Gasteiger partial charge in [-0.25, -0.2) is 0 Å². The van der Waals surface area contributed by atoms with Gasteiger partial charge in [-0.3, -0.25) is 19.0 Å². The van der Waals surface area contributed by atoms with E-state index in [2.05, 4.69) is 35.3 Å². The predicted molar refractivity (Wildman–Crippen MR) is 159 cm³/mol. The maximum absolute atomic E-state index is 13.7. The van der Waals surface area contributed by atoms with E-state index in [1.165, 1.54) is 36.6 Å². The zero-order chi connectivity index (χ0) is 30.8. The van der Waals surface area contributed by atoms with Gasteiger partial charge in [-0.2, -0.15) is 20.3 Å². The summed E-state index contributed by atoms with van der Waals surface area (Å²) < 4.78 is 9.24. The van der Waals surface area contributed by atoms with Gasteiger partial charge in [-0.1, -0.05) is 31.8 Å². The summed E-state index contributed by atoms with van der Waals surface area (Å²) in [4.78, 5) is 35.5. The van der Waals surface area contributed by atoms with Crippen molar-refractivity contribution >= 4 is 17.6 Å². The van der Waals surface area contributed by atoms with Crippen LogP contribution in [0.5, 0.6) is 0 Å². The van der Waals surface area contributed by atoms with Gasteiger partial charge in [0.15, 0.2) is 5.82 Å². The Kier molecular flexibility index (Phi) is 6.77. The molecule has 2 saturated carbocycles. The molecule has 3 aromatic heterocycles. The highest BCUT2D eigenvalue weighted by molar-refractivity contribution is 5.94. The topological polar surface area (TPSA) is 180 Å². The molecule has 4 N–H and O–H groups in total. The molecular weight excluding hydrogens is 562 g/mol. The van der Waals surface area contributed by atoms with Gasteiger partial charge >= 0.3 is 0 Å². The lowest BCUT2D eigenvalue weighted by Gasteiger charge is -2.50. The van der Waals surface area contributed by atoms with Gasteiger partial charge in [0.05, 0.1) is 23.4 Å². The minimum absolute atomic E-state index is 0.0535. The third-order valence-corrected chi connectivity index (χ3v) is 10.4. The lowest BCUT2D eigenvalue weighted by Crippen LogP contribution is -2.62. The van der Waals surface area contributed by atoms with E-state index < -0.39 is 0 Å². The van der Waals surface area contributed by atoms with Crippen LogP contribution in [0.2, 0.25) is 0 Å². The molecule has 4 fully saturated rings. The van der Waals surface area contributed by atoms with Gasteiger partial charge in [0.1, 0.15) is 18.4 Å². The molecule has 2 aliphatic heterocycles. The summed E-state index contributed by atoms with van der Waals surface area (Å²) in [6, 6.07) is 1.87. The van der Waals surface area contributed by atoms with Crippen molar-refractivity contribution in [1.29, 1.82) is 0 Å². The van der Waals surface area contributed by atoms with E-state index in [1.54, 1.807) is 6.20 Å². The smallest absolute Gasteiger partial charge is 0.257 e. The van der Waals surface area contributed by atoms with Crippen LogP contribution < -0.4 is 11.6 Å². The SMILES string of the molecule is CC(c1nc(C2CN(C(=O)c3cnn(C/C(N)=N/N)c3)CC23CN(C(=O)C2CC2(C)C)C3)no1)n1ccc(C2CCCC2)n1. The van der Waals surface area contributed by atoms with Crippen molar-refractivity contribution in [3.8, 4) is 0 Å².